The smallest absolute Gasteiger partial charge is 0.161 e. The van der Waals surface area contributed by atoms with Gasteiger partial charge in [0.1, 0.15) is 5.82 Å². The lowest BCUT2D eigenvalue weighted by atomic mass is 10.1. The Kier molecular flexibility index (Phi) is 4.15. The molecule has 0 spiro atoms. The Balaban J connectivity index is 1.90. The molecule has 1 aromatic heterocycles. The summed E-state index contributed by atoms with van der Waals surface area (Å²) in [7, 11) is 0. The predicted octanol–water partition coefficient (Wildman–Crippen LogP) is 2.31. The third-order valence-electron chi connectivity index (χ3n) is 3.89. The number of rotatable bonds is 3. The molecule has 0 unspecified atom stereocenters. The van der Waals surface area contributed by atoms with Gasteiger partial charge in [0.25, 0.3) is 0 Å². The number of piperidine rings is 1. The minimum absolute atomic E-state index is 0.0251. The Hall–Kier alpha value is -2.27. The minimum Gasteiger partial charge on any atom is -0.391 e. The Morgan fingerprint density at radius 1 is 1.36 bits per heavy atom. The summed E-state index contributed by atoms with van der Waals surface area (Å²) in [6, 6.07) is 9.20. The number of ketones is 1. The molecule has 1 atom stereocenters. The van der Waals surface area contributed by atoms with E-state index in [9.17, 15) is 9.90 Å². The van der Waals surface area contributed by atoms with E-state index < -0.39 is 0 Å². The standard InChI is InChI=1S/C17H19N3O2/c1-12(21)13-4-2-5-14(10-13)17-18-8-7-16(19-17)20-9-3-6-15(22)11-20/h2,4-5,7-8,10,15,22H,3,6,9,11H2,1H3/t15-/m1/s1. The number of aliphatic hydroxyl groups excluding tert-OH is 1. The summed E-state index contributed by atoms with van der Waals surface area (Å²) in [5.74, 6) is 1.44. The number of benzene rings is 1. The van der Waals surface area contributed by atoms with Crippen molar-refractivity contribution >= 4 is 11.6 Å². The van der Waals surface area contributed by atoms with Crippen LogP contribution in [0.3, 0.4) is 0 Å². The maximum atomic E-state index is 11.5. The average molecular weight is 297 g/mol. The number of aliphatic hydroxyl groups is 1. The molecule has 0 radical (unpaired) electrons. The first-order valence-corrected chi connectivity index (χ1v) is 7.51. The molecule has 1 aliphatic heterocycles. The maximum Gasteiger partial charge on any atom is 0.161 e. The Morgan fingerprint density at radius 2 is 2.23 bits per heavy atom. The van der Waals surface area contributed by atoms with Gasteiger partial charge in [0.05, 0.1) is 6.10 Å². The molecule has 22 heavy (non-hydrogen) atoms. The van der Waals surface area contributed by atoms with Crippen LogP contribution in [0.15, 0.2) is 36.5 Å². The van der Waals surface area contributed by atoms with Crippen molar-refractivity contribution in [2.45, 2.75) is 25.9 Å². The third kappa shape index (κ3) is 3.14. The Morgan fingerprint density at radius 3 is 3.00 bits per heavy atom. The topological polar surface area (TPSA) is 66.3 Å². The van der Waals surface area contributed by atoms with Crippen LogP contribution in [0.2, 0.25) is 0 Å². The van der Waals surface area contributed by atoms with E-state index in [0.29, 0.717) is 17.9 Å². The quantitative estimate of drug-likeness (QED) is 0.881. The van der Waals surface area contributed by atoms with Crippen LogP contribution < -0.4 is 4.90 Å². The van der Waals surface area contributed by atoms with E-state index in [1.807, 2.05) is 24.3 Å². The van der Waals surface area contributed by atoms with Gasteiger partial charge in [0.15, 0.2) is 11.6 Å². The highest BCUT2D eigenvalue weighted by molar-refractivity contribution is 5.95. The molecule has 0 bridgehead atoms. The number of Topliss-reactive ketones (excluding diaryl/α,β-unsaturated/α-hetero) is 1. The molecule has 1 N–H and O–H groups in total. The van der Waals surface area contributed by atoms with Crippen molar-refractivity contribution in [3.8, 4) is 11.4 Å². The van der Waals surface area contributed by atoms with Gasteiger partial charge >= 0.3 is 0 Å². The van der Waals surface area contributed by atoms with Crippen molar-refractivity contribution in [3.63, 3.8) is 0 Å². The van der Waals surface area contributed by atoms with Gasteiger partial charge in [-0.1, -0.05) is 18.2 Å². The predicted molar refractivity (Wildman–Crippen MR) is 84.9 cm³/mol. The van der Waals surface area contributed by atoms with Gasteiger partial charge in [-0.25, -0.2) is 9.97 Å². The summed E-state index contributed by atoms with van der Waals surface area (Å²) in [4.78, 5) is 22.5. The number of hydrogen-bond donors (Lipinski definition) is 1. The van der Waals surface area contributed by atoms with E-state index in [1.165, 1.54) is 0 Å². The van der Waals surface area contributed by atoms with E-state index in [4.69, 9.17) is 0 Å². The SMILES string of the molecule is CC(=O)c1cccc(-c2nccc(N3CCC[C@@H](O)C3)n2)c1. The van der Waals surface area contributed by atoms with Crippen molar-refractivity contribution in [2.24, 2.45) is 0 Å². The van der Waals surface area contributed by atoms with Gasteiger partial charge in [0, 0.05) is 30.4 Å². The van der Waals surface area contributed by atoms with Crippen LogP contribution in [0.25, 0.3) is 11.4 Å². The molecule has 3 rings (SSSR count). The monoisotopic (exact) mass is 297 g/mol. The number of carbonyl (C=O) groups is 1. The second-order valence-corrected chi connectivity index (χ2v) is 5.62. The number of β-amino-alcohol motifs (C(OH)–C–C–N with tert-alkyl or cyclic N) is 1. The van der Waals surface area contributed by atoms with Gasteiger partial charge in [-0.15, -0.1) is 0 Å². The summed E-state index contributed by atoms with van der Waals surface area (Å²) in [5.41, 5.74) is 1.48. The molecule has 1 aromatic carbocycles. The molecule has 5 heteroatoms. The first-order chi connectivity index (χ1) is 10.6. The molecule has 2 heterocycles. The van der Waals surface area contributed by atoms with Gasteiger partial charge in [-0.2, -0.15) is 0 Å². The first-order valence-electron chi connectivity index (χ1n) is 7.51. The van der Waals surface area contributed by atoms with Crippen molar-refractivity contribution in [1.82, 2.24) is 9.97 Å². The van der Waals surface area contributed by atoms with Gasteiger partial charge in [-0.05, 0) is 31.9 Å². The normalized spacial score (nSPS) is 18.3. The zero-order valence-electron chi connectivity index (χ0n) is 12.6. The highest BCUT2D eigenvalue weighted by Crippen LogP contribution is 2.22. The zero-order chi connectivity index (χ0) is 15.5. The fourth-order valence-electron chi connectivity index (χ4n) is 2.70. The van der Waals surface area contributed by atoms with Crippen LogP contribution in [0.1, 0.15) is 30.1 Å². The highest BCUT2D eigenvalue weighted by atomic mass is 16.3. The molecular weight excluding hydrogens is 278 g/mol. The van der Waals surface area contributed by atoms with E-state index in [2.05, 4.69) is 14.9 Å². The third-order valence-corrected chi connectivity index (χ3v) is 3.89. The molecule has 1 saturated heterocycles. The largest absolute Gasteiger partial charge is 0.391 e. The van der Waals surface area contributed by atoms with Crippen molar-refractivity contribution in [2.75, 3.05) is 18.0 Å². The van der Waals surface area contributed by atoms with Crippen LogP contribution in [0.5, 0.6) is 0 Å². The van der Waals surface area contributed by atoms with E-state index >= 15 is 0 Å². The number of hydrogen-bond acceptors (Lipinski definition) is 5. The van der Waals surface area contributed by atoms with Crippen molar-refractivity contribution in [1.29, 1.82) is 0 Å². The number of nitrogens with zero attached hydrogens (tertiary/aromatic N) is 3. The minimum atomic E-state index is -0.298. The molecule has 5 nitrogen and oxygen atoms in total. The Bertz CT molecular complexity index is 687. The Labute approximate surface area is 129 Å². The van der Waals surface area contributed by atoms with E-state index in [-0.39, 0.29) is 11.9 Å². The molecule has 0 aliphatic carbocycles. The van der Waals surface area contributed by atoms with Gasteiger partial charge in [-0.3, -0.25) is 4.79 Å². The molecule has 0 saturated carbocycles. The van der Waals surface area contributed by atoms with Gasteiger partial charge < -0.3 is 10.0 Å². The second-order valence-electron chi connectivity index (χ2n) is 5.62. The van der Waals surface area contributed by atoms with Crippen LogP contribution in [0, 0.1) is 0 Å². The first kappa shape index (κ1) is 14.7. The number of carbonyl (C=O) groups excluding carboxylic acids is 1. The summed E-state index contributed by atoms with van der Waals surface area (Å²) >= 11 is 0. The maximum absolute atomic E-state index is 11.5. The van der Waals surface area contributed by atoms with Gasteiger partial charge in [0.2, 0.25) is 0 Å². The lowest BCUT2D eigenvalue weighted by Crippen LogP contribution is -2.38. The average Bonchev–Trinajstić information content (AvgIpc) is 2.55. The lowest BCUT2D eigenvalue weighted by molar-refractivity contribution is 0.101. The summed E-state index contributed by atoms with van der Waals surface area (Å²) in [6.07, 6.45) is 3.22. The fourth-order valence-corrected chi connectivity index (χ4v) is 2.70. The lowest BCUT2D eigenvalue weighted by Gasteiger charge is -2.31. The van der Waals surface area contributed by atoms with E-state index in [0.717, 1.165) is 30.8 Å². The summed E-state index contributed by atoms with van der Waals surface area (Å²) in [5, 5.41) is 9.80. The molecule has 1 fully saturated rings. The van der Waals surface area contributed by atoms with Crippen molar-refractivity contribution < 1.29 is 9.90 Å². The number of aromatic nitrogens is 2. The van der Waals surface area contributed by atoms with E-state index in [1.54, 1.807) is 19.2 Å². The summed E-state index contributed by atoms with van der Waals surface area (Å²) in [6.45, 7) is 3.04. The second kappa shape index (κ2) is 6.23. The van der Waals surface area contributed by atoms with Crippen LogP contribution >= 0.6 is 0 Å². The fraction of sp³-hybridized carbons (Fsp3) is 0.353. The number of anilines is 1. The molecular formula is C17H19N3O2. The highest BCUT2D eigenvalue weighted by Gasteiger charge is 2.19. The molecule has 2 aromatic rings. The molecule has 1 aliphatic rings. The zero-order valence-corrected chi connectivity index (χ0v) is 12.6. The molecule has 0 amide bonds. The van der Waals surface area contributed by atoms with Crippen molar-refractivity contribution in [3.05, 3.63) is 42.1 Å². The summed E-state index contributed by atoms with van der Waals surface area (Å²) < 4.78 is 0. The van der Waals surface area contributed by atoms with Crippen LogP contribution in [-0.4, -0.2) is 40.1 Å². The van der Waals surface area contributed by atoms with Crippen LogP contribution in [-0.2, 0) is 0 Å². The van der Waals surface area contributed by atoms with Crippen LogP contribution in [0.4, 0.5) is 5.82 Å². The molecule has 114 valence electrons.